The number of likely N-dealkylation sites (N-methyl/N-ethyl adjacent to an activating group) is 1. The summed E-state index contributed by atoms with van der Waals surface area (Å²) in [6, 6.07) is 0.0745. The lowest BCUT2D eigenvalue weighted by atomic mass is 10.1. The first-order valence-electron chi connectivity index (χ1n) is 6.32. The molecule has 1 fully saturated rings. The lowest BCUT2D eigenvalue weighted by Gasteiger charge is -2.33. The molecule has 20 heavy (non-hydrogen) atoms. The Morgan fingerprint density at radius 2 is 2.45 bits per heavy atom. The van der Waals surface area contributed by atoms with E-state index in [-0.39, 0.29) is 17.3 Å². The molecule has 2 atom stereocenters. The first kappa shape index (κ1) is 15.5. The van der Waals surface area contributed by atoms with Gasteiger partial charge >= 0.3 is 5.97 Å². The Kier molecular flexibility index (Phi) is 5.20. The van der Waals surface area contributed by atoms with E-state index in [9.17, 15) is 4.79 Å². The Morgan fingerprint density at radius 1 is 1.70 bits per heavy atom. The zero-order valence-electron chi connectivity index (χ0n) is 11.7. The summed E-state index contributed by atoms with van der Waals surface area (Å²) < 4.78 is 10.4. The molecule has 1 aromatic rings. The molecule has 1 aliphatic rings. The number of halogens is 1. The Morgan fingerprint density at radius 3 is 3.10 bits per heavy atom. The third-order valence-corrected chi connectivity index (χ3v) is 4.51. The van der Waals surface area contributed by atoms with Crippen LogP contribution < -0.4 is 5.32 Å². The van der Waals surface area contributed by atoms with Gasteiger partial charge < -0.3 is 19.7 Å². The summed E-state index contributed by atoms with van der Waals surface area (Å²) >= 11 is 7.12. The summed E-state index contributed by atoms with van der Waals surface area (Å²) in [6.45, 7) is 4.55. The molecule has 0 saturated carbocycles. The minimum atomic E-state index is -0.471. The van der Waals surface area contributed by atoms with Gasteiger partial charge in [-0.3, -0.25) is 0 Å². The number of esters is 1. The number of hydrogen-bond acceptors (Lipinski definition) is 7. The summed E-state index contributed by atoms with van der Waals surface area (Å²) in [5.41, 5.74) is 0. The molecule has 2 heterocycles. The van der Waals surface area contributed by atoms with E-state index >= 15 is 0 Å². The molecule has 6 nitrogen and oxygen atoms in total. The highest BCUT2D eigenvalue weighted by atomic mass is 35.5. The zero-order valence-corrected chi connectivity index (χ0v) is 13.3. The molecule has 0 aromatic carbocycles. The van der Waals surface area contributed by atoms with Crippen LogP contribution in [0.25, 0.3) is 0 Å². The SMILES string of the molecule is COC(=O)c1sc(NC(C)C2CN(C)CCO2)nc1Cl. The van der Waals surface area contributed by atoms with Crippen molar-refractivity contribution >= 4 is 34.0 Å². The second kappa shape index (κ2) is 6.71. The van der Waals surface area contributed by atoms with Gasteiger partial charge in [0.15, 0.2) is 15.2 Å². The van der Waals surface area contributed by atoms with Crippen molar-refractivity contribution in [1.29, 1.82) is 0 Å². The van der Waals surface area contributed by atoms with E-state index in [1.807, 2.05) is 6.92 Å². The van der Waals surface area contributed by atoms with E-state index in [1.54, 1.807) is 0 Å². The summed E-state index contributed by atoms with van der Waals surface area (Å²) in [7, 11) is 3.39. The van der Waals surface area contributed by atoms with Crippen molar-refractivity contribution in [3.05, 3.63) is 10.0 Å². The van der Waals surface area contributed by atoms with Crippen molar-refractivity contribution < 1.29 is 14.3 Å². The van der Waals surface area contributed by atoms with Crippen LogP contribution in [-0.2, 0) is 9.47 Å². The number of aromatic nitrogens is 1. The largest absolute Gasteiger partial charge is 0.465 e. The first-order chi connectivity index (χ1) is 9.51. The van der Waals surface area contributed by atoms with Gasteiger partial charge in [0.2, 0.25) is 0 Å². The maximum absolute atomic E-state index is 11.5. The molecule has 0 aliphatic carbocycles. The second-order valence-corrected chi connectivity index (χ2v) is 6.09. The van der Waals surface area contributed by atoms with E-state index in [2.05, 4.69) is 27.0 Å². The monoisotopic (exact) mass is 319 g/mol. The molecule has 1 N–H and O–H groups in total. The molecule has 8 heteroatoms. The predicted molar refractivity (Wildman–Crippen MR) is 78.8 cm³/mol. The van der Waals surface area contributed by atoms with Crippen molar-refractivity contribution in [3.8, 4) is 0 Å². The van der Waals surface area contributed by atoms with Gasteiger partial charge in [0.05, 0.1) is 25.9 Å². The van der Waals surface area contributed by atoms with Crippen LogP contribution in [-0.4, -0.2) is 61.9 Å². The van der Waals surface area contributed by atoms with Gasteiger partial charge in [-0.2, -0.15) is 0 Å². The van der Waals surface area contributed by atoms with Crippen LogP contribution in [0.4, 0.5) is 5.13 Å². The molecule has 0 radical (unpaired) electrons. The summed E-state index contributed by atoms with van der Waals surface area (Å²) in [6.07, 6.45) is 0.0815. The zero-order chi connectivity index (χ0) is 14.7. The van der Waals surface area contributed by atoms with Crippen LogP contribution in [0.2, 0.25) is 5.15 Å². The quantitative estimate of drug-likeness (QED) is 0.853. The lowest BCUT2D eigenvalue weighted by Crippen LogP contribution is -2.47. The van der Waals surface area contributed by atoms with Gasteiger partial charge in [-0.25, -0.2) is 9.78 Å². The maximum atomic E-state index is 11.5. The van der Waals surface area contributed by atoms with Gasteiger partial charge in [0, 0.05) is 13.1 Å². The van der Waals surface area contributed by atoms with E-state index in [1.165, 1.54) is 18.4 Å². The number of thiazole rings is 1. The van der Waals surface area contributed by atoms with E-state index < -0.39 is 5.97 Å². The third kappa shape index (κ3) is 3.60. The summed E-state index contributed by atoms with van der Waals surface area (Å²) in [4.78, 5) is 18.2. The Hall–Kier alpha value is -0.890. The van der Waals surface area contributed by atoms with Crippen LogP contribution in [0.1, 0.15) is 16.6 Å². The van der Waals surface area contributed by atoms with Crippen LogP contribution in [0.15, 0.2) is 0 Å². The predicted octanol–water partition coefficient (Wildman–Crippen LogP) is 1.71. The first-order valence-corrected chi connectivity index (χ1v) is 7.52. The standard InChI is InChI=1S/C12H18ClN3O3S/c1-7(8-6-16(2)4-5-19-8)14-12-15-10(13)9(20-12)11(17)18-3/h7-8H,4-6H2,1-3H3,(H,14,15). The van der Waals surface area contributed by atoms with E-state index in [4.69, 9.17) is 16.3 Å². The van der Waals surface area contributed by atoms with Crippen molar-refractivity contribution in [2.75, 3.05) is 39.2 Å². The Labute approximate surface area is 127 Å². The average Bonchev–Trinajstić information content (AvgIpc) is 2.78. The number of anilines is 1. The van der Waals surface area contributed by atoms with Crippen LogP contribution in [0, 0.1) is 0 Å². The molecule has 1 saturated heterocycles. The van der Waals surface area contributed by atoms with Crippen LogP contribution >= 0.6 is 22.9 Å². The topological polar surface area (TPSA) is 63.7 Å². The molecule has 2 rings (SSSR count). The highest BCUT2D eigenvalue weighted by Crippen LogP contribution is 2.28. The summed E-state index contributed by atoms with van der Waals surface area (Å²) in [5, 5.41) is 4.00. The number of ether oxygens (including phenoxy) is 2. The minimum absolute atomic E-state index is 0.0745. The number of methoxy groups -OCH3 is 1. The highest BCUT2D eigenvalue weighted by Gasteiger charge is 2.25. The second-order valence-electron chi connectivity index (χ2n) is 4.74. The Bertz CT molecular complexity index is 483. The number of nitrogens with zero attached hydrogens (tertiary/aromatic N) is 2. The van der Waals surface area contributed by atoms with Gasteiger partial charge in [0.1, 0.15) is 0 Å². The molecular weight excluding hydrogens is 302 g/mol. The fourth-order valence-electron chi connectivity index (χ4n) is 1.98. The summed E-state index contributed by atoms with van der Waals surface area (Å²) in [5.74, 6) is -0.471. The van der Waals surface area contributed by atoms with Crippen molar-refractivity contribution in [2.45, 2.75) is 19.1 Å². The molecule has 2 unspecified atom stereocenters. The average molecular weight is 320 g/mol. The van der Waals surface area contributed by atoms with Crippen LogP contribution in [0.5, 0.6) is 0 Å². The van der Waals surface area contributed by atoms with Gasteiger partial charge in [-0.05, 0) is 14.0 Å². The molecule has 0 amide bonds. The van der Waals surface area contributed by atoms with Crippen molar-refractivity contribution in [3.63, 3.8) is 0 Å². The van der Waals surface area contributed by atoms with Gasteiger partial charge in [-0.1, -0.05) is 22.9 Å². The number of rotatable bonds is 4. The number of nitrogens with one attached hydrogen (secondary N) is 1. The molecule has 0 spiro atoms. The normalized spacial score (nSPS) is 21.5. The highest BCUT2D eigenvalue weighted by molar-refractivity contribution is 7.18. The fraction of sp³-hybridized carbons (Fsp3) is 0.667. The van der Waals surface area contributed by atoms with E-state index in [0.717, 1.165) is 19.7 Å². The Balaban J connectivity index is 2.00. The molecular formula is C12H18ClN3O3S. The number of hydrogen-bond donors (Lipinski definition) is 1. The van der Waals surface area contributed by atoms with Crippen LogP contribution in [0.3, 0.4) is 0 Å². The molecule has 112 valence electrons. The van der Waals surface area contributed by atoms with Gasteiger partial charge in [0.25, 0.3) is 0 Å². The lowest BCUT2D eigenvalue weighted by molar-refractivity contribution is -0.0259. The van der Waals surface area contributed by atoms with Crippen molar-refractivity contribution in [1.82, 2.24) is 9.88 Å². The van der Waals surface area contributed by atoms with Gasteiger partial charge in [-0.15, -0.1) is 0 Å². The van der Waals surface area contributed by atoms with E-state index in [0.29, 0.717) is 10.0 Å². The number of carbonyl (C=O) groups is 1. The molecule has 1 aromatic heterocycles. The molecule has 1 aliphatic heterocycles. The number of morpholine rings is 1. The smallest absolute Gasteiger partial charge is 0.351 e. The molecule has 0 bridgehead atoms. The minimum Gasteiger partial charge on any atom is -0.465 e. The third-order valence-electron chi connectivity index (χ3n) is 3.16. The number of carbonyl (C=O) groups excluding carboxylic acids is 1. The van der Waals surface area contributed by atoms with Crippen molar-refractivity contribution in [2.24, 2.45) is 0 Å². The fourth-order valence-corrected chi connectivity index (χ4v) is 3.18. The maximum Gasteiger partial charge on any atom is 0.351 e.